The van der Waals surface area contributed by atoms with Gasteiger partial charge in [-0.15, -0.1) is 0 Å². The third-order valence-corrected chi connectivity index (χ3v) is 5.28. The summed E-state index contributed by atoms with van der Waals surface area (Å²) in [6, 6.07) is 8.01. The second-order valence-electron chi connectivity index (χ2n) is 7.47. The standard InChI is InChI=1S/C21H29N3O3/c1-2-16-3-5-17(6-4-16)19(25)9-10-21(27)24-13-11-23(12-14-24)15-20(26)22-18-7-8-18/h3-6,18H,2,7-15H2,1H3,(H,22,26). The fourth-order valence-electron chi connectivity index (χ4n) is 3.31. The summed E-state index contributed by atoms with van der Waals surface area (Å²) in [7, 11) is 0. The number of rotatable bonds is 8. The number of nitrogens with zero attached hydrogens (tertiary/aromatic N) is 2. The number of benzene rings is 1. The molecule has 1 N–H and O–H groups in total. The van der Waals surface area contributed by atoms with Crippen LogP contribution in [0.5, 0.6) is 0 Å². The molecule has 0 aromatic heterocycles. The Balaban J connectivity index is 1.37. The molecule has 6 heteroatoms. The molecule has 0 spiro atoms. The number of carbonyl (C=O) groups excluding carboxylic acids is 3. The lowest BCUT2D eigenvalue weighted by molar-refractivity contribution is -0.133. The van der Waals surface area contributed by atoms with Gasteiger partial charge in [0.15, 0.2) is 5.78 Å². The number of Topliss-reactive ketones (excluding diaryl/α,β-unsaturated/α-hetero) is 1. The fourth-order valence-corrected chi connectivity index (χ4v) is 3.31. The van der Waals surface area contributed by atoms with Gasteiger partial charge in [-0.05, 0) is 24.8 Å². The number of ketones is 1. The summed E-state index contributed by atoms with van der Waals surface area (Å²) < 4.78 is 0. The van der Waals surface area contributed by atoms with Crippen LogP contribution < -0.4 is 5.32 Å². The van der Waals surface area contributed by atoms with Crippen LogP contribution in [0, 0.1) is 0 Å². The molecular formula is C21H29N3O3. The first-order chi connectivity index (χ1) is 13.0. The van der Waals surface area contributed by atoms with Gasteiger partial charge in [0, 0.05) is 50.6 Å². The Hall–Kier alpha value is -2.21. The Morgan fingerprint density at radius 2 is 1.67 bits per heavy atom. The molecule has 1 heterocycles. The zero-order valence-electron chi connectivity index (χ0n) is 16.1. The van der Waals surface area contributed by atoms with Crippen molar-refractivity contribution in [3.63, 3.8) is 0 Å². The number of piperazine rings is 1. The molecule has 1 aliphatic carbocycles. The van der Waals surface area contributed by atoms with Crippen molar-refractivity contribution in [3.05, 3.63) is 35.4 Å². The summed E-state index contributed by atoms with van der Waals surface area (Å²) in [6.45, 7) is 5.13. The van der Waals surface area contributed by atoms with E-state index in [4.69, 9.17) is 0 Å². The van der Waals surface area contributed by atoms with E-state index in [2.05, 4.69) is 17.1 Å². The van der Waals surface area contributed by atoms with Gasteiger partial charge >= 0.3 is 0 Å². The maximum Gasteiger partial charge on any atom is 0.234 e. The van der Waals surface area contributed by atoms with Crippen molar-refractivity contribution in [3.8, 4) is 0 Å². The van der Waals surface area contributed by atoms with Gasteiger partial charge in [0.1, 0.15) is 0 Å². The van der Waals surface area contributed by atoms with Gasteiger partial charge in [-0.2, -0.15) is 0 Å². The summed E-state index contributed by atoms with van der Waals surface area (Å²) in [5.74, 6) is 0.119. The molecule has 0 unspecified atom stereocenters. The summed E-state index contributed by atoms with van der Waals surface area (Å²) in [5, 5.41) is 2.99. The van der Waals surface area contributed by atoms with Gasteiger partial charge in [-0.3, -0.25) is 19.3 Å². The second-order valence-corrected chi connectivity index (χ2v) is 7.47. The van der Waals surface area contributed by atoms with Crippen molar-refractivity contribution in [1.29, 1.82) is 0 Å². The van der Waals surface area contributed by atoms with Crippen molar-refractivity contribution in [2.24, 2.45) is 0 Å². The van der Waals surface area contributed by atoms with E-state index in [1.54, 1.807) is 0 Å². The van der Waals surface area contributed by atoms with E-state index in [-0.39, 0.29) is 30.4 Å². The molecule has 1 aliphatic heterocycles. The number of nitrogens with one attached hydrogen (secondary N) is 1. The van der Waals surface area contributed by atoms with Gasteiger partial charge in [-0.1, -0.05) is 31.2 Å². The van der Waals surface area contributed by atoms with Crippen LogP contribution in [-0.2, 0) is 16.0 Å². The molecule has 0 bridgehead atoms. The van der Waals surface area contributed by atoms with Crippen LogP contribution in [0.25, 0.3) is 0 Å². The monoisotopic (exact) mass is 371 g/mol. The van der Waals surface area contributed by atoms with E-state index < -0.39 is 0 Å². The SMILES string of the molecule is CCc1ccc(C(=O)CCC(=O)N2CCN(CC(=O)NC3CC3)CC2)cc1. The van der Waals surface area contributed by atoms with E-state index in [1.807, 2.05) is 29.2 Å². The van der Waals surface area contributed by atoms with Crippen molar-refractivity contribution >= 4 is 17.6 Å². The first-order valence-corrected chi connectivity index (χ1v) is 9.96. The molecule has 1 saturated heterocycles. The van der Waals surface area contributed by atoms with Crippen LogP contribution in [-0.4, -0.2) is 66.2 Å². The fraction of sp³-hybridized carbons (Fsp3) is 0.571. The Kier molecular flexibility index (Phi) is 6.61. The van der Waals surface area contributed by atoms with Crippen LogP contribution in [0.2, 0.25) is 0 Å². The van der Waals surface area contributed by atoms with Crippen LogP contribution in [0.4, 0.5) is 0 Å². The molecule has 2 amide bonds. The van der Waals surface area contributed by atoms with Crippen LogP contribution in [0.1, 0.15) is 48.5 Å². The van der Waals surface area contributed by atoms with E-state index in [0.717, 1.165) is 19.3 Å². The van der Waals surface area contributed by atoms with E-state index in [9.17, 15) is 14.4 Å². The third kappa shape index (κ3) is 5.89. The highest BCUT2D eigenvalue weighted by Crippen LogP contribution is 2.18. The topological polar surface area (TPSA) is 69.7 Å². The van der Waals surface area contributed by atoms with Crippen LogP contribution >= 0.6 is 0 Å². The van der Waals surface area contributed by atoms with E-state index >= 15 is 0 Å². The number of carbonyl (C=O) groups is 3. The minimum absolute atomic E-state index is 0.0152. The summed E-state index contributed by atoms with van der Waals surface area (Å²) in [6.07, 6.45) is 3.62. The van der Waals surface area contributed by atoms with E-state index in [1.165, 1.54) is 5.56 Å². The van der Waals surface area contributed by atoms with Crippen molar-refractivity contribution in [2.45, 2.75) is 45.1 Å². The van der Waals surface area contributed by atoms with Crippen LogP contribution in [0.15, 0.2) is 24.3 Å². The molecule has 6 nitrogen and oxygen atoms in total. The predicted molar refractivity (Wildman–Crippen MR) is 104 cm³/mol. The molecule has 1 aromatic rings. The molecule has 0 radical (unpaired) electrons. The Morgan fingerprint density at radius 1 is 1.00 bits per heavy atom. The Labute approximate surface area is 160 Å². The predicted octanol–water partition coefficient (Wildman–Crippen LogP) is 1.63. The molecule has 3 rings (SSSR count). The third-order valence-electron chi connectivity index (χ3n) is 5.28. The smallest absolute Gasteiger partial charge is 0.234 e. The minimum Gasteiger partial charge on any atom is -0.352 e. The lowest BCUT2D eigenvalue weighted by Gasteiger charge is -2.34. The van der Waals surface area contributed by atoms with E-state index in [0.29, 0.717) is 44.3 Å². The average molecular weight is 371 g/mol. The summed E-state index contributed by atoms with van der Waals surface area (Å²) >= 11 is 0. The normalized spacial score (nSPS) is 17.6. The zero-order chi connectivity index (χ0) is 19.2. The highest BCUT2D eigenvalue weighted by Gasteiger charge is 2.26. The highest BCUT2D eigenvalue weighted by molar-refractivity contribution is 5.98. The van der Waals surface area contributed by atoms with Gasteiger partial charge in [-0.25, -0.2) is 0 Å². The molecule has 146 valence electrons. The number of hydrogen-bond acceptors (Lipinski definition) is 4. The minimum atomic E-state index is 0.0152. The lowest BCUT2D eigenvalue weighted by atomic mass is 10.0. The quantitative estimate of drug-likeness (QED) is 0.705. The van der Waals surface area contributed by atoms with Gasteiger partial charge < -0.3 is 10.2 Å². The van der Waals surface area contributed by atoms with Gasteiger partial charge in [0.25, 0.3) is 0 Å². The first-order valence-electron chi connectivity index (χ1n) is 9.96. The largest absolute Gasteiger partial charge is 0.352 e. The molecule has 0 atom stereocenters. The zero-order valence-corrected chi connectivity index (χ0v) is 16.1. The van der Waals surface area contributed by atoms with Gasteiger partial charge in [0.2, 0.25) is 11.8 Å². The van der Waals surface area contributed by atoms with Crippen LogP contribution in [0.3, 0.4) is 0 Å². The molecule has 1 aromatic carbocycles. The Morgan fingerprint density at radius 3 is 2.26 bits per heavy atom. The maximum absolute atomic E-state index is 12.4. The molecule has 1 saturated carbocycles. The molecule has 27 heavy (non-hydrogen) atoms. The second kappa shape index (κ2) is 9.13. The number of hydrogen-bond donors (Lipinski definition) is 1. The van der Waals surface area contributed by atoms with Crippen molar-refractivity contribution in [2.75, 3.05) is 32.7 Å². The Bertz CT molecular complexity index is 674. The number of amides is 2. The number of aryl methyl sites for hydroxylation is 1. The van der Waals surface area contributed by atoms with Gasteiger partial charge in [0.05, 0.1) is 6.54 Å². The van der Waals surface area contributed by atoms with Crippen molar-refractivity contribution in [1.82, 2.24) is 15.1 Å². The highest BCUT2D eigenvalue weighted by atomic mass is 16.2. The molecular weight excluding hydrogens is 342 g/mol. The first kappa shape index (κ1) is 19.5. The lowest BCUT2D eigenvalue weighted by Crippen LogP contribution is -2.51. The summed E-state index contributed by atoms with van der Waals surface area (Å²) in [4.78, 5) is 40.4. The van der Waals surface area contributed by atoms with Crippen molar-refractivity contribution < 1.29 is 14.4 Å². The average Bonchev–Trinajstić information content (AvgIpc) is 3.50. The maximum atomic E-state index is 12.4. The molecule has 2 fully saturated rings. The summed E-state index contributed by atoms with van der Waals surface area (Å²) in [5.41, 5.74) is 1.87. The molecule has 2 aliphatic rings.